The van der Waals surface area contributed by atoms with E-state index in [4.69, 9.17) is 10.5 Å². The van der Waals surface area contributed by atoms with Crippen LogP contribution in [-0.4, -0.2) is 20.7 Å². The van der Waals surface area contributed by atoms with Crippen molar-refractivity contribution in [2.24, 2.45) is 5.73 Å². The molecule has 2 rings (SSSR count). The van der Waals surface area contributed by atoms with Crippen LogP contribution in [-0.2, 0) is 11.3 Å². The molecule has 0 fully saturated rings. The second kappa shape index (κ2) is 7.25. The molecule has 2 aromatic carbocycles. The zero-order valence-corrected chi connectivity index (χ0v) is 13.0. The molecule has 0 aliphatic rings. The molecule has 0 aliphatic carbocycles. The molecule has 2 aromatic rings. The number of nitrogens with zero attached hydrogens (tertiary/aromatic N) is 1. The number of hydrogen-bond donors (Lipinski definition) is 1. The van der Waals surface area contributed by atoms with E-state index in [0.29, 0.717) is 13.2 Å². The van der Waals surface area contributed by atoms with E-state index in [-0.39, 0.29) is 6.04 Å². The molecule has 0 amide bonds. The molecule has 21 heavy (non-hydrogen) atoms. The minimum Gasteiger partial charge on any atom is -0.380 e. The average molecular weight is 284 g/mol. The van der Waals surface area contributed by atoms with Gasteiger partial charge in [-0.3, -0.25) is 0 Å². The van der Waals surface area contributed by atoms with Crippen LogP contribution in [0.25, 0.3) is 0 Å². The first-order chi connectivity index (χ1) is 10.2. The molecule has 3 heteroatoms. The summed E-state index contributed by atoms with van der Waals surface area (Å²) >= 11 is 0. The minimum atomic E-state index is 0.155. The van der Waals surface area contributed by atoms with Crippen LogP contribution >= 0.6 is 0 Å². The molecule has 0 heterocycles. The molecule has 112 valence electrons. The van der Waals surface area contributed by atoms with Gasteiger partial charge in [0.05, 0.1) is 12.6 Å². The van der Waals surface area contributed by atoms with Gasteiger partial charge in [0.25, 0.3) is 0 Å². The topological polar surface area (TPSA) is 38.5 Å². The number of rotatable bonds is 6. The highest BCUT2D eigenvalue weighted by Gasteiger charge is 2.17. The number of ether oxygens (including phenoxy) is 1. The summed E-state index contributed by atoms with van der Waals surface area (Å²) in [5, 5.41) is 0. The number of benzene rings is 2. The second-order valence-electron chi connectivity index (χ2n) is 5.33. The van der Waals surface area contributed by atoms with Gasteiger partial charge in [0, 0.05) is 26.4 Å². The van der Waals surface area contributed by atoms with Crippen molar-refractivity contribution >= 4 is 5.69 Å². The Morgan fingerprint density at radius 1 is 1.14 bits per heavy atom. The van der Waals surface area contributed by atoms with E-state index in [2.05, 4.69) is 67.4 Å². The number of nitrogens with two attached hydrogens (primary N) is 1. The van der Waals surface area contributed by atoms with Gasteiger partial charge in [0.1, 0.15) is 0 Å². The van der Waals surface area contributed by atoms with Crippen molar-refractivity contribution in [3.8, 4) is 0 Å². The van der Waals surface area contributed by atoms with Crippen molar-refractivity contribution in [2.75, 3.05) is 25.6 Å². The summed E-state index contributed by atoms with van der Waals surface area (Å²) in [6.45, 7) is 3.32. The fourth-order valence-corrected chi connectivity index (χ4v) is 2.70. The Kier molecular flexibility index (Phi) is 5.37. The number of methoxy groups -OCH3 is 1. The molecular formula is C18H24N2O. The van der Waals surface area contributed by atoms with Crippen LogP contribution in [0.5, 0.6) is 0 Å². The van der Waals surface area contributed by atoms with E-state index >= 15 is 0 Å². The Morgan fingerprint density at radius 3 is 2.57 bits per heavy atom. The van der Waals surface area contributed by atoms with Gasteiger partial charge in [0.15, 0.2) is 0 Å². The molecule has 1 unspecified atom stereocenters. The minimum absolute atomic E-state index is 0.155. The van der Waals surface area contributed by atoms with Gasteiger partial charge >= 0.3 is 0 Å². The maximum Gasteiger partial charge on any atom is 0.0713 e. The van der Waals surface area contributed by atoms with Crippen LogP contribution in [0.15, 0.2) is 48.5 Å². The van der Waals surface area contributed by atoms with Crippen molar-refractivity contribution in [3.63, 3.8) is 0 Å². The van der Waals surface area contributed by atoms with Gasteiger partial charge in [-0.1, -0.05) is 42.5 Å². The smallest absolute Gasteiger partial charge is 0.0713 e. The number of likely N-dealkylation sites (N-methyl/N-ethyl adjacent to an activating group) is 1. The van der Waals surface area contributed by atoms with Crippen LogP contribution in [0.4, 0.5) is 5.69 Å². The van der Waals surface area contributed by atoms with Crippen molar-refractivity contribution in [1.29, 1.82) is 0 Å². The first kappa shape index (κ1) is 15.5. The molecule has 0 saturated heterocycles. The van der Waals surface area contributed by atoms with E-state index in [0.717, 1.165) is 0 Å². The standard InChI is InChI=1S/C18H24N2O/c1-14-7-4-5-10-17(14)20(2)18(12-19)16-9-6-8-15(11-16)13-21-3/h4-11,18H,12-13,19H2,1-3H3. The Balaban J connectivity index is 2.31. The van der Waals surface area contributed by atoms with Gasteiger partial charge in [-0.25, -0.2) is 0 Å². The van der Waals surface area contributed by atoms with E-state index < -0.39 is 0 Å². The van der Waals surface area contributed by atoms with E-state index in [9.17, 15) is 0 Å². The normalized spacial score (nSPS) is 12.2. The summed E-state index contributed by atoms with van der Waals surface area (Å²) in [6, 6.07) is 17.0. The zero-order valence-electron chi connectivity index (χ0n) is 13.0. The van der Waals surface area contributed by atoms with Crippen LogP contribution in [0.3, 0.4) is 0 Å². The third kappa shape index (κ3) is 3.63. The lowest BCUT2D eigenvalue weighted by Gasteiger charge is -2.31. The SMILES string of the molecule is COCc1cccc(C(CN)N(C)c2ccccc2C)c1. The van der Waals surface area contributed by atoms with Gasteiger partial charge in [-0.15, -0.1) is 0 Å². The third-order valence-electron chi connectivity index (χ3n) is 3.83. The molecule has 3 nitrogen and oxygen atoms in total. The maximum absolute atomic E-state index is 6.04. The first-order valence-corrected chi connectivity index (χ1v) is 7.23. The molecule has 0 aromatic heterocycles. The number of para-hydroxylation sites is 1. The van der Waals surface area contributed by atoms with Crippen LogP contribution in [0.1, 0.15) is 22.7 Å². The lowest BCUT2D eigenvalue weighted by molar-refractivity contribution is 0.185. The van der Waals surface area contributed by atoms with Crippen LogP contribution in [0, 0.1) is 6.92 Å². The zero-order chi connectivity index (χ0) is 15.2. The fraction of sp³-hybridized carbons (Fsp3) is 0.333. The van der Waals surface area contributed by atoms with Gasteiger partial charge in [-0.05, 0) is 29.7 Å². The Labute approximate surface area is 127 Å². The summed E-state index contributed by atoms with van der Waals surface area (Å²) in [5.74, 6) is 0. The molecule has 0 radical (unpaired) electrons. The number of hydrogen-bond acceptors (Lipinski definition) is 3. The highest BCUT2D eigenvalue weighted by molar-refractivity contribution is 5.54. The molecule has 0 aliphatic heterocycles. The molecule has 0 saturated carbocycles. The molecular weight excluding hydrogens is 260 g/mol. The summed E-state index contributed by atoms with van der Waals surface area (Å²) in [4.78, 5) is 2.25. The van der Waals surface area contributed by atoms with Crippen LogP contribution in [0.2, 0.25) is 0 Å². The Morgan fingerprint density at radius 2 is 1.90 bits per heavy atom. The molecule has 1 atom stereocenters. The summed E-state index contributed by atoms with van der Waals surface area (Å²) in [5.41, 5.74) is 10.9. The van der Waals surface area contributed by atoms with Crippen LogP contribution < -0.4 is 10.6 Å². The van der Waals surface area contributed by atoms with Crippen molar-refractivity contribution < 1.29 is 4.74 Å². The first-order valence-electron chi connectivity index (χ1n) is 7.23. The monoisotopic (exact) mass is 284 g/mol. The lowest BCUT2D eigenvalue weighted by atomic mass is 10.0. The van der Waals surface area contributed by atoms with Crippen molar-refractivity contribution in [2.45, 2.75) is 19.6 Å². The predicted molar refractivity (Wildman–Crippen MR) is 88.5 cm³/mol. The summed E-state index contributed by atoms with van der Waals surface area (Å²) < 4.78 is 5.22. The van der Waals surface area contributed by atoms with E-state index in [1.807, 2.05) is 0 Å². The van der Waals surface area contributed by atoms with Crippen molar-refractivity contribution in [3.05, 3.63) is 65.2 Å². The number of aryl methyl sites for hydroxylation is 1. The Bertz CT molecular complexity index is 583. The maximum atomic E-state index is 6.04. The third-order valence-corrected chi connectivity index (χ3v) is 3.83. The molecule has 0 spiro atoms. The Hall–Kier alpha value is -1.84. The van der Waals surface area contributed by atoms with Gasteiger partial charge in [0.2, 0.25) is 0 Å². The van der Waals surface area contributed by atoms with Crippen molar-refractivity contribution in [1.82, 2.24) is 0 Å². The summed E-state index contributed by atoms with van der Waals surface area (Å²) in [6.07, 6.45) is 0. The fourth-order valence-electron chi connectivity index (χ4n) is 2.70. The quantitative estimate of drug-likeness (QED) is 0.884. The molecule has 2 N–H and O–H groups in total. The summed E-state index contributed by atoms with van der Waals surface area (Å²) in [7, 11) is 3.81. The van der Waals surface area contributed by atoms with E-state index in [1.165, 1.54) is 22.4 Å². The van der Waals surface area contributed by atoms with Gasteiger partial charge < -0.3 is 15.4 Å². The highest BCUT2D eigenvalue weighted by Crippen LogP contribution is 2.28. The average Bonchev–Trinajstić information content (AvgIpc) is 2.49. The van der Waals surface area contributed by atoms with Gasteiger partial charge in [-0.2, -0.15) is 0 Å². The largest absolute Gasteiger partial charge is 0.380 e. The second-order valence-corrected chi connectivity index (χ2v) is 5.33. The lowest BCUT2D eigenvalue weighted by Crippen LogP contribution is -2.31. The molecule has 0 bridgehead atoms. The van der Waals surface area contributed by atoms with E-state index in [1.54, 1.807) is 7.11 Å². The predicted octanol–water partition coefficient (Wildman–Crippen LogP) is 3.28. The number of anilines is 1. The highest BCUT2D eigenvalue weighted by atomic mass is 16.5.